The highest BCUT2D eigenvalue weighted by Gasteiger charge is 2.09. The third kappa shape index (κ3) is 4.67. The average molecular weight is 481 g/mol. The molecule has 0 amide bonds. The molecule has 0 aliphatic rings. The summed E-state index contributed by atoms with van der Waals surface area (Å²) in [6.07, 6.45) is 15.4. The van der Waals surface area contributed by atoms with Crippen LogP contribution in [-0.4, -0.2) is 35.8 Å². The molecule has 0 unspecified atom stereocenters. The summed E-state index contributed by atoms with van der Waals surface area (Å²) < 4.78 is 3.48. The Morgan fingerprint density at radius 3 is 1.80 bits per heavy atom. The van der Waals surface area contributed by atoms with Crippen LogP contribution in [0.1, 0.15) is 10.4 Å². The molecule has 35 heavy (non-hydrogen) atoms. The van der Waals surface area contributed by atoms with Crippen LogP contribution in [-0.2, 0) is 14.1 Å². The van der Waals surface area contributed by atoms with E-state index in [0.29, 0.717) is 5.56 Å². The van der Waals surface area contributed by atoms with Crippen LogP contribution in [0.2, 0.25) is 5.02 Å². The number of pyridine rings is 2. The van der Waals surface area contributed by atoms with Crippen molar-refractivity contribution in [2.75, 3.05) is 0 Å². The molecule has 4 heterocycles. The van der Waals surface area contributed by atoms with Crippen LogP contribution in [0.25, 0.3) is 43.8 Å². The number of aryl methyl sites for hydroxylation is 2. The smallest absolute Gasteiger partial charge is 0.150 e. The molecule has 0 aliphatic heterocycles. The van der Waals surface area contributed by atoms with E-state index in [4.69, 9.17) is 11.6 Å². The van der Waals surface area contributed by atoms with Crippen molar-refractivity contribution in [3.63, 3.8) is 0 Å². The van der Waals surface area contributed by atoms with Crippen LogP contribution in [0.3, 0.4) is 0 Å². The van der Waals surface area contributed by atoms with Crippen LogP contribution >= 0.6 is 11.6 Å². The van der Waals surface area contributed by atoms with Gasteiger partial charge in [-0.3, -0.25) is 24.1 Å². The normalized spacial score (nSPS) is 10.8. The summed E-state index contributed by atoms with van der Waals surface area (Å²) in [5.41, 5.74) is 4.49. The minimum absolute atomic E-state index is 0.668. The number of hydrogen-bond donors (Lipinski definition) is 0. The van der Waals surface area contributed by atoms with Crippen molar-refractivity contribution in [2.24, 2.45) is 14.1 Å². The number of carbonyl (C=O) groups excluding carboxylic acids is 1. The number of aromatic nitrogens is 6. The molecule has 0 aliphatic carbocycles. The lowest BCUT2D eigenvalue weighted by Gasteiger charge is -2.05. The van der Waals surface area contributed by atoms with Gasteiger partial charge in [0.25, 0.3) is 0 Å². The Hall–Kier alpha value is -4.36. The number of carbonyl (C=O) groups is 1. The van der Waals surface area contributed by atoms with Gasteiger partial charge in [0, 0.05) is 89.3 Å². The molecular weight excluding hydrogens is 460 g/mol. The highest BCUT2D eigenvalue weighted by atomic mass is 35.5. The van der Waals surface area contributed by atoms with E-state index >= 15 is 0 Å². The Labute approximate surface area is 206 Å². The maximum Gasteiger partial charge on any atom is 0.150 e. The lowest BCUT2D eigenvalue weighted by molar-refractivity contribution is 0.112. The minimum Gasteiger partial charge on any atom is -0.298 e. The first-order valence-electron chi connectivity index (χ1n) is 10.9. The Bertz CT molecular complexity index is 1670. The Morgan fingerprint density at radius 1 is 0.714 bits per heavy atom. The van der Waals surface area contributed by atoms with Crippen molar-refractivity contribution in [3.05, 3.63) is 96.6 Å². The van der Waals surface area contributed by atoms with Gasteiger partial charge in [-0.15, -0.1) is 0 Å². The van der Waals surface area contributed by atoms with E-state index < -0.39 is 0 Å². The Balaban J connectivity index is 0.000000145. The first kappa shape index (κ1) is 22.4. The zero-order valence-corrected chi connectivity index (χ0v) is 19.9. The number of rotatable bonds is 3. The van der Waals surface area contributed by atoms with Gasteiger partial charge >= 0.3 is 0 Å². The second kappa shape index (κ2) is 9.48. The van der Waals surface area contributed by atoms with Crippen molar-refractivity contribution in [1.29, 1.82) is 0 Å². The third-order valence-electron chi connectivity index (χ3n) is 5.69. The SMILES string of the molecule is Cn1cc(-c2cc3cnccc3cc2C=O)cn1.Cn1cc(-c2cc3cnccc3cc2Cl)cn1. The highest BCUT2D eigenvalue weighted by Crippen LogP contribution is 2.31. The average Bonchev–Trinajstić information content (AvgIpc) is 3.51. The standard InChI is InChI=1S/C14H11N3O.C13H10ClN3/c1-17-8-13(7-16-17)14-5-11-6-15-3-2-10(11)4-12(14)9-18;1-17-8-11(7-16-17)12-4-10-6-15-3-2-9(10)5-13(12)14/h2-9H,1H3;2-8H,1H3. The number of aldehydes is 1. The fourth-order valence-electron chi connectivity index (χ4n) is 3.95. The third-order valence-corrected chi connectivity index (χ3v) is 6.01. The predicted molar refractivity (Wildman–Crippen MR) is 138 cm³/mol. The minimum atomic E-state index is 0.668. The van der Waals surface area contributed by atoms with E-state index in [2.05, 4.69) is 20.2 Å². The summed E-state index contributed by atoms with van der Waals surface area (Å²) in [6.45, 7) is 0. The van der Waals surface area contributed by atoms with Crippen LogP contribution in [0, 0.1) is 0 Å². The first-order valence-corrected chi connectivity index (χ1v) is 11.2. The van der Waals surface area contributed by atoms with Crippen LogP contribution in [0.5, 0.6) is 0 Å². The lowest BCUT2D eigenvalue weighted by Crippen LogP contribution is -1.88. The van der Waals surface area contributed by atoms with E-state index in [1.54, 1.807) is 34.2 Å². The number of nitrogens with zero attached hydrogens (tertiary/aromatic N) is 6. The molecular formula is C27H21ClN6O. The van der Waals surface area contributed by atoms with E-state index in [0.717, 1.165) is 55.1 Å². The fraction of sp³-hybridized carbons (Fsp3) is 0.0741. The topological polar surface area (TPSA) is 78.5 Å². The summed E-state index contributed by atoms with van der Waals surface area (Å²) in [5.74, 6) is 0. The highest BCUT2D eigenvalue weighted by molar-refractivity contribution is 6.34. The van der Waals surface area contributed by atoms with Crippen molar-refractivity contribution in [2.45, 2.75) is 0 Å². The molecule has 0 bridgehead atoms. The molecule has 4 aromatic heterocycles. The van der Waals surface area contributed by atoms with Crippen molar-refractivity contribution in [1.82, 2.24) is 29.5 Å². The zero-order valence-electron chi connectivity index (χ0n) is 19.1. The quantitative estimate of drug-likeness (QED) is 0.302. The van der Waals surface area contributed by atoms with E-state index in [1.165, 1.54) is 0 Å². The number of hydrogen-bond acceptors (Lipinski definition) is 5. The second-order valence-corrected chi connectivity index (χ2v) is 8.55. The molecule has 0 atom stereocenters. The van der Waals surface area contributed by atoms with E-state index in [1.807, 2.05) is 75.3 Å². The van der Waals surface area contributed by atoms with Gasteiger partial charge in [0.1, 0.15) is 0 Å². The maximum atomic E-state index is 11.2. The van der Waals surface area contributed by atoms with Gasteiger partial charge in [-0.2, -0.15) is 10.2 Å². The van der Waals surface area contributed by atoms with Crippen LogP contribution in [0.4, 0.5) is 0 Å². The molecule has 0 N–H and O–H groups in total. The van der Waals surface area contributed by atoms with E-state index in [-0.39, 0.29) is 0 Å². The molecule has 7 nitrogen and oxygen atoms in total. The summed E-state index contributed by atoms with van der Waals surface area (Å²) in [5, 5.41) is 13.2. The van der Waals surface area contributed by atoms with Gasteiger partial charge in [0.05, 0.1) is 12.4 Å². The summed E-state index contributed by atoms with van der Waals surface area (Å²) >= 11 is 6.29. The van der Waals surface area contributed by atoms with E-state index in [9.17, 15) is 4.79 Å². The zero-order chi connectivity index (χ0) is 24.4. The number of benzene rings is 2. The maximum absolute atomic E-state index is 11.2. The van der Waals surface area contributed by atoms with Gasteiger partial charge in [-0.05, 0) is 52.7 Å². The van der Waals surface area contributed by atoms with Crippen LogP contribution < -0.4 is 0 Å². The van der Waals surface area contributed by atoms with Gasteiger partial charge in [-0.25, -0.2) is 0 Å². The molecule has 6 rings (SSSR count). The number of halogens is 1. The van der Waals surface area contributed by atoms with Gasteiger partial charge < -0.3 is 0 Å². The largest absolute Gasteiger partial charge is 0.298 e. The molecule has 8 heteroatoms. The molecule has 0 spiro atoms. The molecule has 0 saturated heterocycles. The van der Waals surface area contributed by atoms with Crippen molar-refractivity contribution >= 4 is 39.4 Å². The molecule has 172 valence electrons. The summed E-state index contributed by atoms with van der Waals surface area (Å²) in [7, 11) is 3.74. The van der Waals surface area contributed by atoms with Crippen LogP contribution in [0.15, 0.2) is 86.0 Å². The van der Waals surface area contributed by atoms with Gasteiger partial charge in [0.2, 0.25) is 0 Å². The number of fused-ring (bicyclic) bond motifs is 2. The Kier molecular flexibility index (Phi) is 6.08. The molecule has 0 radical (unpaired) electrons. The molecule has 6 aromatic rings. The second-order valence-electron chi connectivity index (χ2n) is 8.14. The van der Waals surface area contributed by atoms with Crippen molar-refractivity contribution < 1.29 is 4.79 Å². The summed E-state index contributed by atoms with van der Waals surface area (Å²) in [4.78, 5) is 19.4. The predicted octanol–water partition coefficient (Wildman–Crippen LogP) is 5.74. The monoisotopic (exact) mass is 480 g/mol. The lowest BCUT2D eigenvalue weighted by atomic mass is 9.99. The fourth-order valence-corrected chi connectivity index (χ4v) is 4.23. The van der Waals surface area contributed by atoms with Gasteiger partial charge in [-0.1, -0.05) is 11.6 Å². The van der Waals surface area contributed by atoms with Gasteiger partial charge in [0.15, 0.2) is 6.29 Å². The first-order chi connectivity index (χ1) is 17.0. The summed E-state index contributed by atoms with van der Waals surface area (Å²) in [6, 6.07) is 11.7. The molecule has 0 fully saturated rings. The molecule has 0 saturated carbocycles. The molecule has 2 aromatic carbocycles. The Morgan fingerprint density at radius 2 is 1.26 bits per heavy atom. The van der Waals surface area contributed by atoms with Crippen molar-refractivity contribution in [3.8, 4) is 22.3 Å².